The minimum absolute atomic E-state index is 0.0772. The molecule has 0 amide bonds. The number of carboxylic acid groups (broad SMARTS) is 1. The summed E-state index contributed by atoms with van der Waals surface area (Å²) in [5.41, 5.74) is -0.871. The van der Waals surface area contributed by atoms with Crippen LogP contribution in [0.5, 0.6) is 0 Å². The molecular formula is C12H11BrF3NO2. The summed E-state index contributed by atoms with van der Waals surface area (Å²) in [6.45, 7) is 0. The number of rotatable bonds is 3. The Balaban J connectivity index is 2.23. The zero-order valence-electron chi connectivity index (χ0n) is 9.67. The number of aliphatic carboxylic acids is 1. The second-order valence-electron chi connectivity index (χ2n) is 4.46. The molecule has 2 unspecified atom stereocenters. The number of alkyl halides is 3. The highest BCUT2D eigenvalue weighted by Gasteiger charge is 2.39. The van der Waals surface area contributed by atoms with Crippen LogP contribution in [0.1, 0.15) is 18.4 Å². The molecule has 2 atom stereocenters. The van der Waals surface area contributed by atoms with Crippen LogP contribution in [0.15, 0.2) is 22.7 Å². The highest BCUT2D eigenvalue weighted by molar-refractivity contribution is 9.10. The maximum Gasteiger partial charge on any atom is 0.418 e. The van der Waals surface area contributed by atoms with E-state index in [1.807, 2.05) is 0 Å². The van der Waals surface area contributed by atoms with Crippen molar-refractivity contribution in [2.45, 2.75) is 25.1 Å². The molecule has 1 aliphatic carbocycles. The van der Waals surface area contributed by atoms with Crippen LogP contribution in [-0.4, -0.2) is 17.1 Å². The van der Waals surface area contributed by atoms with Gasteiger partial charge in [0, 0.05) is 16.2 Å². The van der Waals surface area contributed by atoms with Crippen molar-refractivity contribution < 1.29 is 23.1 Å². The van der Waals surface area contributed by atoms with Crippen LogP contribution in [0.3, 0.4) is 0 Å². The monoisotopic (exact) mass is 337 g/mol. The molecule has 1 aromatic rings. The second-order valence-corrected chi connectivity index (χ2v) is 5.38. The number of nitrogens with one attached hydrogen (secondary N) is 1. The van der Waals surface area contributed by atoms with Gasteiger partial charge in [-0.05, 0) is 31.0 Å². The molecular weight excluding hydrogens is 327 g/mol. The van der Waals surface area contributed by atoms with Crippen LogP contribution < -0.4 is 5.32 Å². The van der Waals surface area contributed by atoms with Crippen LogP contribution in [0.2, 0.25) is 0 Å². The lowest BCUT2D eigenvalue weighted by Crippen LogP contribution is -2.43. The molecule has 0 spiro atoms. The van der Waals surface area contributed by atoms with Crippen molar-refractivity contribution in [3.05, 3.63) is 28.2 Å². The lowest BCUT2D eigenvalue weighted by Gasteiger charge is -2.35. The lowest BCUT2D eigenvalue weighted by molar-refractivity contribution is -0.144. The second kappa shape index (κ2) is 5.03. The molecule has 0 aliphatic heterocycles. The van der Waals surface area contributed by atoms with Gasteiger partial charge in [0.05, 0.1) is 11.5 Å². The summed E-state index contributed by atoms with van der Waals surface area (Å²) in [6, 6.07) is 3.34. The van der Waals surface area contributed by atoms with Crippen molar-refractivity contribution in [1.29, 1.82) is 0 Å². The molecule has 0 bridgehead atoms. The number of hydrogen-bond donors (Lipinski definition) is 2. The number of halogens is 4. The zero-order valence-corrected chi connectivity index (χ0v) is 11.3. The van der Waals surface area contributed by atoms with E-state index in [1.165, 1.54) is 12.1 Å². The molecule has 2 rings (SSSR count). The van der Waals surface area contributed by atoms with E-state index in [-0.39, 0.29) is 5.69 Å². The van der Waals surface area contributed by atoms with Gasteiger partial charge in [0.15, 0.2) is 0 Å². The summed E-state index contributed by atoms with van der Waals surface area (Å²) in [6.07, 6.45) is -3.43. The third-order valence-corrected chi connectivity index (χ3v) is 3.71. The molecule has 7 heteroatoms. The average Bonchev–Trinajstić information content (AvgIpc) is 2.23. The fourth-order valence-electron chi connectivity index (χ4n) is 2.04. The van der Waals surface area contributed by atoms with E-state index in [1.54, 1.807) is 0 Å². The number of carboxylic acids is 1. The molecule has 2 N–H and O–H groups in total. The summed E-state index contributed by atoms with van der Waals surface area (Å²) in [7, 11) is 0. The number of carbonyl (C=O) groups is 1. The molecule has 1 aliphatic rings. The Labute approximate surface area is 115 Å². The van der Waals surface area contributed by atoms with Crippen LogP contribution in [0.25, 0.3) is 0 Å². The van der Waals surface area contributed by atoms with Gasteiger partial charge in [-0.2, -0.15) is 13.2 Å². The Bertz CT molecular complexity index is 504. The van der Waals surface area contributed by atoms with E-state index in [9.17, 15) is 18.0 Å². The van der Waals surface area contributed by atoms with Crippen LogP contribution in [0, 0.1) is 5.92 Å². The Hall–Kier alpha value is -1.24. The van der Waals surface area contributed by atoms with Crippen molar-refractivity contribution in [1.82, 2.24) is 0 Å². The first-order valence-corrected chi connectivity index (χ1v) is 6.44. The van der Waals surface area contributed by atoms with Gasteiger partial charge < -0.3 is 10.4 Å². The van der Waals surface area contributed by atoms with Crippen molar-refractivity contribution in [2.75, 3.05) is 5.32 Å². The van der Waals surface area contributed by atoms with Gasteiger partial charge >= 0.3 is 12.1 Å². The fraction of sp³-hybridized carbons (Fsp3) is 0.417. The summed E-state index contributed by atoms with van der Waals surface area (Å²) < 4.78 is 39.0. The maximum atomic E-state index is 12.9. The summed E-state index contributed by atoms with van der Waals surface area (Å²) in [4.78, 5) is 10.8. The zero-order chi connectivity index (χ0) is 14.2. The number of hydrogen-bond acceptors (Lipinski definition) is 2. The average molecular weight is 338 g/mol. The molecule has 3 nitrogen and oxygen atoms in total. The van der Waals surface area contributed by atoms with Crippen molar-refractivity contribution in [3.63, 3.8) is 0 Å². The summed E-state index contributed by atoms with van der Waals surface area (Å²) in [5.74, 6) is -1.60. The van der Waals surface area contributed by atoms with E-state index < -0.39 is 29.7 Å². The normalized spacial score (nSPS) is 22.7. The predicted molar refractivity (Wildman–Crippen MR) is 66.9 cm³/mol. The van der Waals surface area contributed by atoms with Crippen LogP contribution in [-0.2, 0) is 11.0 Å². The molecule has 0 heterocycles. The molecule has 1 saturated carbocycles. The highest BCUT2D eigenvalue weighted by atomic mass is 79.9. The predicted octanol–water partition coefficient (Wildman–Crippen LogP) is 3.74. The Morgan fingerprint density at radius 3 is 2.53 bits per heavy atom. The first-order chi connectivity index (χ1) is 8.79. The quantitative estimate of drug-likeness (QED) is 0.883. The number of anilines is 1. The van der Waals surface area contributed by atoms with E-state index in [4.69, 9.17) is 5.11 Å². The van der Waals surface area contributed by atoms with Gasteiger partial charge in [0.2, 0.25) is 0 Å². The third-order valence-electron chi connectivity index (χ3n) is 3.22. The lowest BCUT2D eigenvalue weighted by atomic mass is 9.79. The molecule has 0 aromatic heterocycles. The molecule has 0 radical (unpaired) electrons. The molecule has 19 heavy (non-hydrogen) atoms. The first kappa shape index (κ1) is 14.2. The van der Waals surface area contributed by atoms with E-state index in [0.29, 0.717) is 17.3 Å². The third kappa shape index (κ3) is 3.02. The van der Waals surface area contributed by atoms with Crippen LogP contribution in [0.4, 0.5) is 18.9 Å². The van der Waals surface area contributed by atoms with E-state index in [2.05, 4.69) is 21.2 Å². The summed E-state index contributed by atoms with van der Waals surface area (Å²) in [5, 5.41) is 11.6. The maximum absolute atomic E-state index is 12.9. The molecule has 0 saturated heterocycles. The fourth-order valence-corrected chi connectivity index (χ4v) is 2.41. The van der Waals surface area contributed by atoms with Crippen LogP contribution >= 0.6 is 15.9 Å². The smallest absolute Gasteiger partial charge is 0.418 e. The Kier molecular flexibility index (Phi) is 3.75. The first-order valence-electron chi connectivity index (χ1n) is 5.65. The largest absolute Gasteiger partial charge is 0.481 e. The Morgan fingerprint density at radius 1 is 1.37 bits per heavy atom. The molecule has 104 valence electrons. The van der Waals surface area contributed by atoms with Crippen molar-refractivity contribution >= 4 is 27.6 Å². The minimum Gasteiger partial charge on any atom is -0.481 e. The Morgan fingerprint density at radius 2 is 2.05 bits per heavy atom. The highest BCUT2D eigenvalue weighted by Crippen LogP contribution is 2.39. The van der Waals surface area contributed by atoms with Gasteiger partial charge in [-0.1, -0.05) is 15.9 Å². The van der Waals surface area contributed by atoms with Gasteiger partial charge in [0.25, 0.3) is 0 Å². The van der Waals surface area contributed by atoms with E-state index in [0.717, 1.165) is 6.07 Å². The topological polar surface area (TPSA) is 49.3 Å². The van der Waals surface area contributed by atoms with Crippen molar-refractivity contribution in [2.24, 2.45) is 5.92 Å². The van der Waals surface area contributed by atoms with Gasteiger partial charge in [-0.15, -0.1) is 0 Å². The van der Waals surface area contributed by atoms with Crippen molar-refractivity contribution in [3.8, 4) is 0 Å². The molecule has 1 aromatic carbocycles. The van der Waals surface area contributed by atoms with Gasteiger partial charge in [-0.25, -0.2) is 0 Å². The summed E-state index contributed by atoms with van der Waals surface area (Å²) >= 11 is 3.00. The standard InChI is InChI=1S/C12H11BrF3NO2/c13-6-1-3-10(8(5-6)12(14,15)16)17-9-4-2-7(9)11(18)19/h1,3,5,7,9,17H,2,4H2,(H,18,19). The molecule has 1 fully saturated rings. The minimum atomic E-state index is -4.48. The van der Waals surface area contributed by atoms with Gasteiger partial charge in [0.1, 0.15) is 0 Å². The number of benzene rings is 1. The van der Waals surface area contributed by atoms with E-state index >= 15 is 0 Å². The van der Waals surface area contributed by atoms with Gasteiger partial charge in [-0.3, -0.25) is 4.79 Å². The SMILES string of the molecule is O=C(O)C1CCC1Nc1ccc(Br)cc1C(F)(F)F.